The topological polar surface area (TPSA) is 3.24 Å². The van der Waals surface area contributed by atoms with Crippen LogP contribution in [0.15, 0.2) is 30.3 Å². The van der Waals surface area contributed by atoms with Gasteiger partial charge in [0, 0.05) is 0 Å². The van der Waals surface area contributed by atoms with Crippen LogP contribution in [-0.2, 0) is 0 Å². The Kier molecular flexibility index (Phi) is 10.8. The summed E-state index contributed by atoms with van der Waals surface area (Å²) >= 11 is 0. The van der Waals surface area contributed by atoms with Gasteiger partial charge in [-0.15, -0.1) is 0 Å². The summed E-state index contributed by atoms with van der Waals surface area (Å²) in [5, 5.41) is 0. The first-order valence-electron chi connectivity index (χ1n) is 7.42. The van der Waals surface area contributed by atoms with Gasteiger partial charge in [-0.1, -0.05) is 63.1 Å². The first-order chi connectivity index (χ1) is 8.72. The highest BCUT2D eigenvalue weighted by molar-refractivity contribution is 5.11. The van der Waals surface area contributed by atoms with Crippen molar-refractivity contribution >= 4 is 0 Å². The van der Waals surface area contributed by atoms with Gasteiger partial charge < -0.3 is 4.90 Å². The van der Waals surface area contributed by atoms with Crippen molar-refractivity contribution in [2.24, 2.45) is 5.92 Å². The minimum atomic E-state index is 1.03. The van der Waals surface area contributed by atoms with E-state index in [1.54, 1.807) is 0 Å². The molecule has 0 amide bonds. The summed E-state index contributed by atoms with van der Waals surface area (Å²) in [6.45, 7) is 11.0. The van der Waals surface area contributed by atoms with Gasteiger partial charge in [0.05, 0.1) is 0 Å². The molecule has 0 bridgehead atoms. The van der Waals surface area contributed by atoms with Crippen molar-refractivity contribution in [3.63, 3.8) is 0 Å². The van der Waals surface area contributed by atoms with Crippen LogP contribution in [0.4, 0.5) is 0 Å². The Morgan fingerprint density at radius 1 is 1.06 bits per heavy atom. The summed E-state index contributed by atoms with van der Waals surface area (Å²) in [7, 11) is 2.21. The smallest absolute Gasteiger partial charge is 0.00191 e. The van der Waals surface area contributed by atoms with E-state index in [0.29, 0.717) is 0 Å². The van der Waals surface area contributed by atoms with Crippen molar-refractivity contribution < 1.29 is 0 Å². The lowest BCUT2D eigenvalue weighted by Crippen LogP contribution is -2.29. The summed E-state index contributed by atoms with van der Waals surface area (Å²) in [6, 6.07) is 10.3. The zero-order chi connectivity index (χ0) is 13.8. The summed E-state index contributed by atoms with van der Waals surface area (Å²) in [4.78, 5) is 2.42. The van der Waals surface area contributed by atoms with Crippen LogP contribution in [0.3, 0.4) is 0 Å². The second-order valence-corrected chi connectivity index (χ2v) is 4.81. The van der Waals surface area contributed by atoms with Gasteiger partial charge in [0.25, 0.3) is 0 Å². The number of hydrogen-bond donors (Lipinski definition) is 0. The van der Waals surface area contributed by atoms with Crippen LogP contribution in [0.25, 0.3) is 0 Å². The number of hydrogen-bond acceptors (Lipinski definition) is 1. The monoisotopic (exact) mass is 249 g/mol. The largest absolute Gasteiger partial charge is 0.306 e. The number of aryl methyl sites for hydroxylation is 1. The molecule has 0 atom stereocenters. The lowest BCUT2D eigenvalue weighted by atomic mass is 9.95. The van der Waals surface area contributed by atoms with Crippen molar-refractivity contribution in [2.75, 3.05) is 20.1 Å². The average Bonchev–Trinajstić information content (AvgIpc) is 2.43. The molecule has 0 radical (unpaired) electrons. The Balaban J connectivity index is 0.000000289. The number of piperidine rings is 1. The van der Waals surface area contributed by atoms with Crippen LogP contribution < -0.4 is 0 Å². The normalized spacial score (nSPS) is 16.1. The molecule has 0 aliphatic carbocycles. The fraction of sp³-hybridized carbons (Fsp3) is 0.647. The second-order valence-electron chi connectivity index (χ2n) is 4.81. The van der Waals surface area contributed by atoms with Gasteiger partial charge in [0.2, 0.25) is 0 Å². The molecule has 0 spiro atoms. The SMILES string of the molecule is CC.CCC1CCN(C)CC1.Cc1ccccc1. The molecule has 1 saturated heterocycles. The molecule has 1 aromatic rings. The summed E-state index contributed by atoms with van der Waals surface area (Å²) in [5.74, 6) is 1.03. The molecule has 1 aliphatic heterocycles. The first-order valence-corrected chi connectivity index (χ1v) is 7.42. The van der Waals surface area contributed by atoms with Gasteiger partial charge in [-0.25, -0.2) is 0 Å². The van der Waals surface area contributed by atoms with Crippen molar-refractivity contribution in [3.8, 4) is 0 Å². The van der Waals surface area contributed by atoms with Crippen molar-refractivity contribution in [1.29, 1.82) is 0 Å². The number of nitrogens with zero attached hydrogens (tertiary/aromatic N) is 1. The van der Waals surface area contributed by atoms with Gasteiger partial charge in [0.15, 0.2) is 0 Å². The summed E-state index contributed by atoms with van der Waals surface area (Å²) in [6.07, 6.45) is 4.23. The fourth-order valence-corrected chi connectivity index (χ4v) is 2.00. The average molecular weight is 249 g/mol. The van der Waals surface area contributed by atoms with E-state index in [1.165, 1.54) is 37.9 Å². The molecule has 2 rings (SSSR count). The van der Waals surface area contributed by atoms with Crippen LogP contribution in [0.1, 0.15) is 45.6 Å². The quantitative estimate of drug-likeness (QED) is 0.693. The van der Waals surface area contributed by atoms with Gasteiger partial charge in [-0.05, 0) is 45.8 Å². The molecule has 0 unspecified atom stereocenters. The fourth-order valence-electron chi connectivity index (χ4n) is 2.00. The summed E-state index contributed by atoms with van der Waals surface area (Å²) in [5.41, 5.74) is 1.32. The van der Waals surface area contributed by atoms with Crippen LogP contribution in [-0.4, -0.2) is 25.0 Å². The second kappa shape index (κ2) is 11.3. The molecule has 0 saturated carbocycles. The predicted octanol–water partition coefficient (Wildman–Crippen LogP) is 4.76. The molecule has 1 fully saturated rings. The third-order valence-electron chi connectivity index (χ3n) is 3.36. The van der Waals surface area contributed by atoms with Crippen LogP contribution in [0.2, 0.25) is 0 Å². The molecule has 104 valence electrons. The van der Waals surface area contributed by atoms with Crippen molar-refractivity contribution in [2.45, 2.75) is 47.0 Å². The highest BCUT2D eigenvalue weighted by Gasteiger charge is 2.13. The Labute approximate surface area is 114 Å². The van der Waals surface area contributed by atoms with E-state index in [2.05, 4.69) is 37.9 Å². The van der Waals surface area contributed by atoms with Gasteiger partial charge in [-0.3, -0.25) is 0 Å². The van der Waals surface area contributed by atoms with Crippen molar-refractivity contribution in [3.05, 3.63) is 35.9 Å². The molecule has 1 aliphatic rings. The Hall–Kier alpha value is -0.820. The van der Waals surface area contributed by atoms with Crippen LogP contribution in [0, 0.1) is 12.8 Å². The third-order valence-corrected chi connectivity index (χ3v) is 3.36. The lowest BCUT2D eigenvalue weighted by Gasteiger charge is -2.27. The Bertz CT molecular complexity index is 260. The van der Waals surface area contributed by atoms with Crippen LogP contribution >= 0.6 is 0 Å². The standard InChI is InChI=1S/C8H17N.C7H8.C2H6/c1-3-8-4-6-9(2)7-5-8;1-7-5-3-2-4-6-7;1-2/h8H,3-7H2,1-2H3;2-6H,1H3;1-2H3. The molecule has 0 aromatic heterocycles. The first kappa shape index (κ1) is 17.2. The lowest BCUT2D eigenvalue weighted by molar-refractivity contribution is 0.216. The van der Waals surface area contributed by atoms with E-state index in [-0.39, 0.29) is 0 Å². The minimum absolute atomic E-state index is 1.03. The highest BCUT2D eigenvalue weighted by Crippen LogP contribution is 2.18. The Morgan fingerprint density at radius 3 is 1.89 bits per heavy atom. The maximum absolute atomic E-state index is 2.42. The Morgan fingerprint density at radius 2 is 1.56 bits per heavy atom. The number of likely N-dealkylation sites (tertiary alicyclic amines) is 1. The molecular formula is C17H31N. The predicted molar refractivity (Wildman–Crippen MR) is 83.0 cm³/mol. The molecule has 1 heteroatoms. The molecule has 0 N–H and O–H groups in total. The minimum Gasteiger partial charge on any atom is -0.306 e. The zero-order valence-electron chi connectivity index (χ0n) is 12.9. The van der Waals surface area contributed by atoms with Crippen LogP contribution in [0.5, 0.6) is 0 Å². The van der Waals surface area contributed by atoms with E-state index in [4.69, 9.17) is 0 Å². The molecule has 1 heterocycles. The molecular weight excluding hydrogens is 218 g/mol. The van der Waals surface area contributed by atoms with E-state index in [1.807, 2.05) is 32.0 Å². The van der Waals surface area contributed by atoms with E-state index >= 15 is 0 Å². The molecule has 1 aromatic carbocycles. The molecule has 1 nitrogen and oxygen atoms in total. The van der Waals surface area contributed by atoms with Gasteiger partial charge >= 0.3 is 0 Å². The maximum atomic E-state index is 2.42. The molecule has 18 heavy (non-hydrogen) atoms. The number of benzene rings is 1. The van der Waals surface area contributed by atoms with Crippen molar-refractivity contribution in [1.82, 2.24) is 4.90 Å². The zero-order valence-corrected chi connectivity index (χ0v) is 12.9. The van der Waals surface area contributed by atoms with E-state index < -0.39 is 0 Å². The van der Waals surface area contributed by atoms with Gasteiger partial charge in [0.1, 0.15) is 0 Å². The van der Waals surface area contributed by atoms with Gasteiger partial charge in [-0.2, -0.15) is 0 Å². The highest BCUT2D eigenvalue weighted by atomic mass is 15.1. The maximum Gasteiger partial charge on any atom is -0.00191 e. The summed E-state index contributed by atoms with van der Waals surface area (Å²) < 4.78 is 0. The van der Waals surface area contributed by atoms with E-state index in [9.17, 15) is 0 Å². The number of rotatable bonds is 1. The third kappa shape index (κ3) is 8.30. The van der Waals surface area contributed by atoms with E-state index in [0.717, 1.165) is 5.92 Å².